The van der Waals surface area contributed by atoms with Gasteiger partial charge in [-0.15, -0.1) is 0 Å². The predicted octanol–water partition coefficient (Wildman–Crippen LogP) is 2.29. The van der Waals surface area contributed by atoms with Gasteiger partial charge in [-0.2, -0.15) is 0 Å². The number of rotatable bonds is 2. The van der Waals surface area contributed by atoms with Crippen molar-refractivity contribution in [2.24, 2.45) is 0 Å². The molecule has 0 saturated heterocycles. The van der Waals surface area contributed by atoms with E-state index in [1.807, 2.05) is 30.7 Å². The van der Waals surface area contributed by atoms with Crippen LogP contribution in [0, 0.1) is 6.07 Å². The zero-order valence-corrected chi connectivity index (χ0v) is 7.51. The second-order valence-electron chi connectivity index (χ2n) is 3.00. The highest BCUT2D eigenvalue weighted by Gasteiger charge is 2.04. The standard InChI is InChI=1S/C11H11N2/c1-10(13-8-7-12-9-13)11-5-3-2-4-6-11/h2-5,7-10H,1H3. The molecule has 0 fully saturated rings. The van der Waals surface area contributed by atoms with Crippen LogP contribution in [0.25, 0.3) is 0 Å². The first kappa shape index (κ1) is 8.05. The summed E-state index contributed by atoms with van der Waals surface area (Å²) in [5, 5.41) is 0. The Bertz CT molecular complexity index is 351. The fourth-order valence-electron chi connectivity index (χ4n) is 1.33. The number of aromatic nitrogens is 2. The van der Waals surface area contributed by atoms with Crippen LogP contribution >= 0.6 is 0 Å². The zero-order chi connectivity index (χ0) is 9.10. The van der Waals surface area contributed by atoms with Crippen molar-refractivity contribution in [2.45, 2.75) is 13.0 Å². The highest BCUT2D eigenvalue weighted by Crippen LogP contribution is 2.15. The van der Waals surface area contributed by atoms with E-state index in [0.717, 1.165) is 0 Å². The third-order valence-electron chi connectivity index (χ3n) is 2.16. The summed E-state index contributed by atoms with van der Waals surface area (Å²) in [7, 11) is 0. The van der Waals surface area contributed by atoms with Gasteiger partial charge in [0.1, 0.15) is 0 Å². The Balaban J connectivity index is 2.29. The van der Waals surface area contributed by atoms with Gasteiger partial charge in [0.15, 0.2) is 0 Å². The SMILES string of the molecule is CC(c1[c]cccc1)n1ccnc1. The summed E-state index contributed by atoms with van der Waals surface area (Å²) < 4.78 is 2.06. The van der Waals surface area contributed by atoms with Crippen LogP contribution < -0.4 is 0 Å². The minimum atomic E-state index is 0.309. The quantitative estimate of drug-likeness (QED) is 0.677. The first-order valence-corrected chi connectivity index (χ1v) is 4.32. The molecule has 1 heterocycles. The van der Waals surface area contributed by atoms with E-state index < -0.39 is 0 Å². The highest BCUT2D eigenvalue weighted by molar-refractivity contribution is 5.17. The maximum Gasteiger partial charge on any atom is 0.0951 e. The number of hydrogen-bond acceptors (Lipinski definition) is 1. The molecule has 0 aliphatic carbocycles. The van der Waals surface area contributed by atoms with Gasteiger partial charge in [0.2, 0.25) is 0 Å². The molecule has 1 radical (unpaired) electrons. The maximum atomic E-state index is 4.02. The normalized spacial score (nSPS) is 12.7. The van der Waals surface area contributed by atoms with E-state index in [1.165, 1.54) is 5.56 Å². The molecule has 2 rings (SSSR count). The van der Waals surface area contributed by atoms with Crippen LogP contribution in [0.15, 0.2) is 43.0 Å². The predicted molar refractivity (Wildman–Crippen MR) is 51.3 cm³/mol. The van der Waals surface area contributed by atoms with Crippen molar-refractivity contribution in [3.63, 3.8) is 0 Å². The lowest BCUT2D eigenvalue weighted by atomic mass is 10.1. The molecule has 0 aliphatic heterocycles. The van der Waals surface area contributed by atoms with E-state index in [9.17, 15) is 0 Å². The lowest BCUT2D eigenvalue weighted by Crippen LogP contribution is -2.03. The van der Waals surface area contributed by atoms with E-state index in [1.54, 1.807) is 6.20 Å². The van der Waals surface area contributed by atoms with Crippen molar-refractivity contribution < 1.29 is 0 Å². The number of imidazole rings is 1. The fraction of sp³-hybridized carbons (Fsp3) is 0.182. The third kappa shape index (κ3) is 1.61. The number of benzene rings is 1. The van der Waals surface area contributed by atoms with Crippen LogP contribution in [0.4, 0.5) is 0 Å². The van der Waals surface area contributed by atoms with E-state index in [0.29, 0.717) is 6.04 Å². The van der Waals surface area contributed by atoms with Gasteiger partial charge >= 0.3 is 0 Å². The Morgan fingerprint density at radius 2 is 2.38 bits per heavy atom. The third-order valence-corrected chi connectivity index (χ3v) is 2.16. The summed E-state index contributed by atoms with van der Waals surface area (Å²) in [6.07, 6.45) is 5.58. The van der Waals surface area contributed by atoms with Crippen LogP contribution in [0.1, 0.15) is 18.5 Å². The molecule has 2 heteroatoms. The summed E-state index contributed by atoms with van der Waals surface area (Å²) >= 11 is 0. The molecule has 1 aromatic carbocycles. The van der Waals surface area contributed by atoms with Gasteiger partial charge in [0.05, 0.1) is 12.4 Å². The van der Waals surface area contributed by atoms with Crippen LogP contribution in [-0.4, -0.2) is 9.55 Å². The van der Waals surface area contributed by atoms with Gasteiger partial charge in [0, 0.05) is 12.4 Å². The average Bonchev–Trinajstić information content (AvgIpc) is 2.71. The van der Waals surface area contributed by atoms with Crippen LogP contribution in [0.3, 0.4) is 0 Å². The molecule has 2 aromatic rings. The molecule has 1 aromatic heterocycles. The Kier molecular flexibility index (Phi) is 2.13. The summed E-state index contributed by atoms with van der Waals surface area (Å²) in [5.41, 5.74) is 1.18. The van der Waals surface area contributed by atoms with Gasteiger partial charge in [-0.1, -0.05) is 24.3 Å². The molecule has 0 amide bonds. The molecule has 0 bridgehead atoms. The highest BCUT2D eigenvalue weighted by atomic mass is 15.0. The van der Waals surface area contributed by atoms with Crippen molar-refractivity contribution in [3.8, 4) is 0 Å². The molecule has 65 valence electrons. The van der Waals surface area contributed by atoms with E-state index in [2.05, 4.69) is 28.6 Å². The van der Waals surface area contributed by atoms with E-state index in [-0.39, 0.29) is 0 Å². The van der Waals surface area contributed by atoms with Crippen LogP contribution in [0.2, 0.25) is 0 Å². The monoisotopic (exact) mass is 171 g/mol. The molecule has 0 saturated carbocycles. The molecule has 0 N–H and O–H groups in total. The minimum Gasteiger partial charge on any atom is -0.330 e. The molecule has 0 aliphatic rings. The lowest BCUT2D eigenvalue weighted by Gasteiger charge is -2.12. The molecule has 2 nitrogen and oxygen atoms in total. The fourth-order valence-corrected chi connectivity index (χ4v) is 1.33. The van der Waals surface area contributed by atoms with Crippen LogP contribution in [-0.2, 0) is 0 Å². The van der Waals surface area contributed by atoms with Gasteiger partial charge in [-0.3, -0.25) is 0 Å². The first-order chi connectivity index (χ1) is 6.38. The van der Waals surface area contributed by atoms with Gasteiger partial charge in [0.25, 0.3) is 0 Å². The molecule has 1 unspecified atom stereocenters. The van der Waals surface area contributed by atoms with Gasteiger partial charge in [-0.25, -0.2) is 4.98 Å². The summed E-state index contributed by atoms with van der Waals surface area (Å²) in [5.74, 6) is 0. The van der Waals surface area contributed by atoms with E-state index in [4.69, 9.17) is 0 Å². The topological polar surface area (TPSA) is 17.8 Å². The van der Waals surface area contributed by atoms with Crippen molar-refractivity contribution in [2.75, 3.05) is 0 Å². The molecular formula is C11H11N2. The molecule has 0 spiro atoms. The number of hydrogen-bond donors (Lipinski definition) is 0. The number of nitrogens with zero attached hydrogens (tertiary/aromatic N) is 2. The Morgan fingerprint density at radius 1 is 1.46 bits per heavy atom. The smallest absolute Gasteiger partial charge is 0.0951 e. The Hall–Kier alpha value is -1.57. The van der Waals surface area contributed by atoms with Gasteiger partial charge in [-0.05, 0) is 18.6 Å². The molecule has 1 atom stereocenters. The van der Waals surface area contributed by atoms with Crippen LogP contribution in [0.5, 0.6) is 0 Å². The summed E-state index contributed by atoms with van der Waals surface area (Å²) in [4.78, 5) is 4.02. The van der Waals surface area contributed by atoms with Crippen molar-refractivity contribution in [1.29, 1.82) is 0 Å². The second-order valence-corrected chi connectivity index (χ2v) is 3.00. The Morgan fingerprint density at radius 3 is 3.00 bits per heavy atom. The summed E-state index contributed by atoms with van der Waals surface area (Å²) in [6.45, 7) is 2.13. The second kappa shape index (κ2) is 3.44. The molecular weight excluding hydrogens is 160 g/mol. The Labute approximate surface area is 77.9 Å². The molecule has 13 heavy (non-hydrogen) atoms. The maximum absolute atomic E-state index is 4.02. The van der Waals surface area contributed by atoms with Crippen molar-refractivity contribution in [3.05, 3.63) is 54.6 Å². The van der Waals surface area contributed by atoms with Crippen molar-refractivity contribution in [1.82, 2.24) is 9.55 Å². The van der Waals surface area contributed by atoms with E-state index >= 15 is 0 Å². The average molecular weight is 171 g/mol. The largest absolute Gasteiger partial charge is 0.330 e. The zero-order valence-electron chi connectivity index (χ0n) is 7.51. The summed E-state index contributed by atoms with van der Waals surface area (Å²) in [6, 6.07) is 11.5. The minimum absolute atomic E-state index is 0.309. The van der Waals surface area contributed by atoms with Gasteiger partial charge < -0.3 is 4.57 Å². The lowest BCUT2D eigenvalue weighted by molar-refractivity contribution is 0.637. The first-order valence-electron chi connectivity index (χ1n) is 4.32. The van der Waals surface area contributed by atoms with Crippen molar-refractivity contribution >= 4 is 0 Å².